The molecule has 0 saturated carbocycles. The number of aliphatic hydroxyl groups is 1. The van der Waals surface area contributed by atoms with E-state index in [-0.39, 0.29) is 17.9 Å². The van der Waals surface area contributed by atoms with Crippen LogP contribution < -0.4 is 0 Å². The van der Waals surface area contributed by atoms with Crippen molar-refractivity contribution in [1.82, 2.24) is 9.88 Å². The third-order valence-corrected chi connectivity index (χ3v) is 6.25. The number of rotatable bonds is 4. The monoisotopic (exact) mass is 312 g/mol. The second-order valence-electron chi connectivity index (χ2n) is 5.25. The van der Waals surface area contributed by atoms with Crippen LogP contribution in [0.15, 0.2) is 26.5 Å². The molecule has 0 radical (unpaired) electrons. The maximum Gasteiger partial charge on any atom is 0.353 e. The third kappa shape index (κ3) is 2.04. The number of carbonyl (C=O) groups is 1. The largest absolute Gasteiger partial charge is 0.477 e. The number of hydrogen-bond acceptors (Lipinski definition) is 6. The molecule has 20 heavy (non-hydrogen) atoms. The number of carboxylic acids is 1. The van der Waals surface area contributed by atoms with Crippen molar-refractivity contribution >= 4 is 29.1 Å². The summed E-state index contributed by atoms with van der Waals surface area (Å²) in [5.41, 5.74) is 0.389. The van der Waals surface area contributed by atoms with Crippen LogP contribution in [-0.2, 0) is 4.79 Å². The Morgan fingerprint density at radius 3 is 2.95 bits per heavy atom. The number of aromatic nitrogens is 1. The molecular formula is C13H16N2O3S2. The SMILES string of the molecule is C[C@H]1C(Sc2nccs2)=C(C(=O)O)N2C[C@H]([C@@H](C)O)C12. The second kappa shape index (κ2) is 5.05. The number of nitrogens with zero attached hydrogens (tertiary/aromatic N) is 2. The van der Waals surface area contributed by atoms with Crippen molar-refractivity contribution in [2.75, 3.05) is 6.54 Å². The molecule has 3 heterocycles. The lowest BCUT2D eigenvalue weighted by atomic mass is 9.80. The van der Waals surface area contributed by atoms with Crippen molar-refractivity contribution in [3.8, 4) is 0 Å². The van der Waals surface area contributed by atoms with Gasteiger partial charge in [0.25, 0.3) is 0 Å². The summed E-state index contributed by atoms with van der Waals surface area (Å²) in [6.45, 7) is 4.44. The third-order valence-electron chi connectivity index (χ3n) is 4.08. The lowest BCUT2D eigenvalue weighted by molar-refractivity contribution is -0.137. The van der Waals surface area contributed by atoms with Gasteiger partial charge in [0.1, 0.15) is 5.70 Å². The van der Waals surface area contributed by atoms with E-state index in [2.05, 4.69) is 4.98 Å². The van der Waals surface area contributed by atoms with E-state index < -0.39 is 12.1 Å². The highest BCUT2D eigenvalue weighted by molar-refractivity contribution is 8.04. The molecule has 0 bridgehead atoms. The first-order chi connectivity index (χ1) is 9.50. The first kappa shape index (κ1) is 13.9. The molecule has 1 aromatic heterocycles. The topological polar surface area (TPSA) is 73.7 Å². The molecule has 2 aliphatic heterocycles. The Kier molecular flexibility index (Phi) is 3.51. The van der Waals surface area contributed by atoms with E-state index in [0.717, 1.165) is 9.24 Å². The van der Waals surface area contributed by atoms with Crippen LogP contribution in [0.2, 0.25) is 0 Å². The van der Waals surface area contributed by atoms with Crippen LogP contribution in [0.3, 0.4) is 0 Å². The zero-order valence-corrected chi connectivity index (χ0v) is 12.8. The summed E-state index contributed by atoms with van der Waals surface area (Å²) in [7, 11) is 0. The van der Waals surface area contributed by atoms with Crippen molar-refractivity contribution in [3.63, 3.8) is 0 Å². The second-order valence-corrected chi connectivity index (χ2v) is 7.44. The van der Waals surface area contributed by atoms with Crippen molar-refractivity contribution in [3.05, 3.63) is 22.2 Å². The van der Waals surface area contributed by atoms with E-state index >= 15 is 0 Å². The Hall–Kier alpha value is -1.05. The fraction of sp³-hybridized carbons (Fsp3) is 0.538. The fourth-order valence-corrected chi connectivity index (χ4v) is 5.02. The number of aliphatic carboxylic acids is 1. The van der Waals surface area contributed by atoms with Gasteiger partial charge in [-0.1, -0.05) is 18.7 Å². The molecule has 5 nitrogen and oxygen atoms in total. The molecule has 2 aliphatic rings. The van der Waals surface area contributed by atoms with Gasteiger partial charge in [-0.05, 0) is 6.92 Å². The summed E-state index contributed by atoms with van der Waals surface area (Å²) in [4.78, 5) is 18.6. The Balaban J connectivity index is 1.90. The normalized spacial score (nSPS) is 30.1. The lowest BCUT2D eigenvalue weighted by Gasteiger charge is -2.49. The quantitative estimate of drug-likeness (QED) is 0.884. The van der Waals surface area contributed by atoms with E-state index in [0.29, 0.717) is 12.2 Å². The van der Waals surface area contributed by atoms with Crippen LogP contribution in [-0.4, -0.2) is 44.8 Å². The molecule has 1 fully saturated rings. The Labute approximate surface area is 125 Å². The van der Waals surface area contributed by atoms with Crippen molar-refractivity contribution < 1.29 is 15.0 Å². The molecular weight excluding hydrogens is 296 g/mol. The minimum absolute atomic E-state index is 0.101. The number of hydrogen-bond donors (Lipinski definition) is 2. The fourth-order valence-electron chi connectivity index (χ4n) is 3.11. The van der Waals surface area contributed by atoms with E-state index in [9.17, 15) is 15.0 Å². The first-order valence-corrected chi connectivity index (χ1v) is 8.19. The Morgan fingerprint density at radius 1 is 1.65 bits per heavy atom. The maximum absolute atomic E-state index is 11.6. The van der Waals surface area contributed by atoms with Gasteiger partial charge in [0.05, 0.1) is 6.10 Å². The molecule has 0 aliphatic carbocycles. The zero-order chi connectivity index (χ0) is 14.4. The van der Waals surface area contributed by atoms with Gasteiger partial charge in [-0.3, -0.25) is 0 Å². The summed E-state index contributed by atoms with van der Waals surface area (Å²) in [6, 6.07) is 0.101. The maximum atomic E-state index is 11.6. The predicted octanol–water partition coefficient (Wildman–Crippen LogP) is 1.86. The number of fused-ring (bicyclic) bond motifs is 1. The summed E-state index contributed by atoms with van der Waals surface area (Å²) in [5.74, 6) is -0.625. The molecule has 108 valence electrons. The van der Waals surface area contributed by atoms with Gasteiger partial charge >= 0.3 is 5.97 Å². The predicted molar refractivity (Wildman–Crippen MR) is 77.5 cm³/mol. The molecule has 4 atom stereocenters. The van der Waals surface area contributed by atoms with Crippen LogP contribution in [0.25, 0.3) is 0 Å². The number of thiazole rings is 1. The van der Waals surface area contributed by atoms with Crippen LogP contribution in [0.4, 0.5) is 0 Å². The molecule has 0 amide bonds. The van der Waals surface area contributed by atoms with E-state index in [1.807, 2.05) is 17.2 Å². The Bertz CT molecular complexity index is 556. The number of aliphatic hydroxyl groups excluding tert-OH is 1. The van der Waals surface area contributed by atoms with Gasteiger partial charge in [0.15, 0.2) is 4.34 Å². The van der Waals surface area contributed by atoms with Crippen LogP contribution in [0.1, 0.15) is 13.8 Å². The highest BCUT2D eigenvalue weighted by Crippen LogP contribution is 2.51. The molecule has 0 spiro atoms. The highest BCUT2D eigenvalue weighted by Gasteiger charge is 2.53. The molecule has 1 unspecified atom stereocenters. The molecule has 2 N–H and O–H groups in total. The van der Waals surface area contributed by atoms with Gasteiger partial charge in [0, 0.05) is 40.9 Å². The summed E-state index contributed by atoms with van der Waals surface area (Å²) < 4.78 is 0.863. The molecule has 1 saturated heterocycles. The Morgan fingerprint density at radius 2 is 2.40 bits per heavy atom. The van der Waals surface area contributed by atoms with Gasteiger partial charge in [-0.25, -0.2) is 9.78 Å². The summed E-state index contributed by atoms with van der Waals surface area (Å²) >= 11 is 2.96. The van der Waals surface area contributed by atoms with Gasteiger partial charge in [-0.15, -0.1) is 11.3 Å². The highest BCUT2D eigenvalue weighted by atomic mass is 32.2. The lowest BCUT2D eigenvalue weighted by Crippen LogP contribution is -2.59. The van der Waals surface area contributed by atoms with Crippen LogP contribution in [0.5, 0.6) is 0 Å². The summed E-state index contributed by atoms with van der Waals surface area (Å²) in [5, 5.41) is 21.2. The van der Waals surface area contributed by atoms with Gasteiger partial charge < -0.3 is 15.1 Å². The molecule has 3 rings (SSSR count). The van der Waals surface area contributed by atoms with E-state index in [1.165, 1.54) is 23.1 Å². The minimum atomic E-state index is -0.887. The summed E-state index contributed by atoms with van der Waals surface area (Å²) in [6.07, 6.45) is 1.32. The average molecular weight is 312 g/mol. The molecule has 7 heteroatoms. The first-order valence-electron chi connectivity index (χ1n) is 6.50. The van der Waals surface area contributed by atoms with Crippen LogP contribution in [0, 0.1) is 11.8 Å². The number of thioether (sulfide) groups is 1. The van der Waals surface area contributed by atoms with Crippen LogP contribution >= 0.6 is 23.1 Å². The molecule has 0 aromatic carbocycles. The van der Waals surface area contributed by atoms with Crippen molar-refractivity contribution in [2.24, 2.45) is 11.8 Å². The van der Waals surface area contributed by atoms with E-state index in [4.69, 9.17) is 0 Å². The molecule has 1 aromatic rings. The average Bonchev–Trinajstić information content (AvgIpc) is 2.88. The number of carboxylic acid groups (broad SMARTS) is 1. The zero-order valence-electron chi connectivity index (χ0n) is 11.2. The van der Waals surface area contributed by atoms with Crippen molar-refractivity contribution in [1.29, 1.82) is 0 Å². The van der Waals surface area contributed by atoms with Crippen molar-refractivity contribution in [2.45, 2.75) is 30.3 Å². The standard InChI is InChI=1S/C13H16N2O3S2/c1-6-9-8(7(2)16)5-15(9)10(12(17)18)11(6)20-13-14-3-4-19-13/h3-4,6-9,16H,5H2,1-2H3,(H,17,18)/t6-,7-,8-,9?/m1/s1. The van der Waals surface area contributed by atoms with Gasteiger partial charge in [-0.2, -0.15) is 0 Å². The minimum Gasteiger partial charge on any atom is -0.477 e. The van der Waals surface area contributed by atoms with E-state index in [1.54, 1.807) is 13.1 Å². The van der Waals surface area contributed by atoms with Gasteiger partial charge in [0.2, 0.25) is 0 Å². The smallest absolute Gasteiger partial charge is 0.353 e.